The van der Waals surface area contributed by atoms with Crippen LogP contribution in [0.1, 0.15) is 17.9 Å². The number of rotatable bonds is 5. The molecular weight excluding hydrogens is 667 g/mol. The summed E-state index contributed by atoms with van der Waals surface area (Å²) in [5.41, 5.74) is 12.3. The van der Waals surface area contributed by atoms with Crippen molar-refractivity contribution in [1.29, 1.82) is 0 Å². The Morgan fingerprint density at radius 1 is 0.473 bits per heavy atom. The summed E-state index contributed by atoms with van der Waals surface area (Å²) in [6.45, 7) is 0. The molecule has 1 aliphatic rings. The van der Waals surface area contributed by atoms with Gasteiger partial charge in [0.15, 0.2) is 0 Å². The van der Waals surface area contributed by atoms with Crippen molar-refractivity contribution in [3.8, 4) is 39.2 Å². The van der Waals surface area contributed by atoms with E-state index in [1.165, 1.54) is 60.2 Å². The van der Waals surface area contributed by atoms with Crippen LogP contribution >= 0.6 is 0 Å². The molecule has 3 heteroatoms. The number of aromatic nitrogens is 3. The molecule has 8 aromatic carbocycles. The van der Waals surface area contributed by atoms with Gasteiger partial charge < -0.3 is 4.57 Å². The van der Waals surface area contributed by atoms with Gasteiger partial charge in [-0.3, -0.25) is 4.98 Å². The number of fused-ring (bicyclic) bond motifs is 9. The zero-order valence-electron chi connectivity index (χ0n) is 30.1. The van der Waals surface area contributed by atoms with Crippen molar-refractivity contribution in [3.63, 3.8) is 0 Å². The zero-order chi connectivity index (χ0) is 36.3. The summed E-state index contributed by atoms with van der Waals surface area (Å²) in [5, 5.41) is 8.58. The van der Waals surface area contributed by atoms with Crippen LogP contribution in [0.3, 0.4) is 0 Å². The molecule has 2 aromatic heterocycles. The quantitative estimate of drug-likeness (QED) is 0.167. The van der Waals surface area contributed by atoms with Crippen molar-refractivity contribution in [2.45, 2.75) is 12.3 Å². The maximum absolute atomic E-state index is 5.23. The van der Waals surface area contributed by atoms with Gasteiger partial charge in [0.25, 0.3) is 0 Å². The van der Waals surface area contributed by atoms with Gasteiger partial charge >= 0.3 is 0 Å². The molecule has 0 spiro atoms. The third-order valence-electron chi connectivity index (χ3n) is 11.4. The lowest BCUT2D eigenvalue weighted by Gasteiger charge is -2.16. The molecule has 0 aliphatic heterocycles. The Hall–Kier alpha value is -7.10. The molecule has 0 saturated carbocycles. The van der Waals surface area contributed by atoms with Crippen LogP contribution in [0.2, 0.25) is 0 Å². The predicted octanol–water partition coefficient (Wildman–Crippen LogP) is 11.6. The minimum absolute atomic E-state index is 0.288. The number of hydrogen-bond donors (Lipinski definition) is 0. The van der Waals surface area contributed by atoms with Crippen LogP contribution in [0.5, 0.6) is 0 Å². The number of benzene rings is 8. The summed E-state index contributed by atoms with van der Waals surface area (Å²) >= 11 is 0. The van der Waals surface area contributed by atoms with Gasteiger partial charge in [0.05, 0.1) is 33.8 Å². The first-order chi connectivity index (χ1) is 27.3. The molecule has 1 atom stereocenters. The molecule has 10 aromatic rings. The molecule has 0 saturated heterocycles. The highest BCUT2D eigenvalue weighted by Crippen LogP contribution is 2.35. The summed E-state index contributed by atoms with van der Waals surface area (Å²) < 4.78 is 2.42. The fourth-order valence-corrected chi connectivity index (χ4v) is 8.68. The second-order valence-corrected chi connectivity index (χ2v) is 14.5. The molecule has 1 aliphatic carbocycles. The molecule has 11 rings (SSSR count). The molecule has 0 amide bonds. The molecule has 1 unspecified atom stereocenters. The molecule has 0 fully saturated rings. The fraction of sp³-hybridized carbons (Fsp3) is 0.0385. The van der Waals surface area contributed by atoms with E-state index in [1.54, 1.807) is 0 Å². The van der Waals surface area contributed by atoms with E-state index in [2.05, 4.69) is 193 Å². The van der Waals surface area contributed by atoms with E-state index in [-0.39, 0.29) is 5.92 Å². The van der Waals surface area contributed by atoms with Gasteiger partial charge in [-0.25, -0.2) is 4.98 Å². The second kappa shape index (κ2) is 12.8. The Bertz CT molecular complexity index is 3190. The summed E-state index contributed by atoms with van der Waals surface area (Å²) in [6.07, 6.45) is 7.80. The third kappa shape index (κ3) is 5.27. The van der Waals surface area contributed by atoms with Gasteiger partial charge in [0.1, 0.15) is 0 Å². The van der Waals surface area contributed by atoms with E-state index in [0.29, 0.717) is 0 Å². The Balaban J connectivity index is 0.914. The van der Waals surface area contributed by atoms with Crippen molar-refractivity contribution in [1.82, 2.24) is 14.5 Å². The van der Waals surface area contributed by atoms with E-state index in [1.807, 2.05) is 6.20 Å². The van der Waals surface area contributed by atoms with Gasteiger partial charge in [-0.15, -0.1) is 0 Å². The standard InChI is InChI=1S/C52H35N3/c1-2-16-41(17-3-1)55-49-23-9-8-20-44(49)45-29-28-39(32-50(45)55)38-14-10-12-36(30-38)34-24-26-35(27-25-34)37-13-11-15-40(31-37)48-33-53-51-46-21-6-4-18-42(46)43-19-5-7-22-47(43)52(51)54-48/h1-27,29-33,39H,28H2. The lowest BCUT2D eigenvalue weighted by atomic mass is 9.89. The highest BCUT2D eigenvalue weighted by atomic mass is 15.0. The van der Waals surface area contributed by atoms with Crippen LogP contribution in [-0.2, 0) is 0 Å². The van der Waals surface area contributed by atoms with Gasteiger partial charge in [-0.1, -0.05) is 164 Å². The largest absolute Gasteiger partial charge is 0.310 e. The van der Waals surface area contributed by atoms with Crippen molar-refractivity contribution < 1.29 is 0 Å². The minimum Gasteiger partial charge on any atom is -0.310 e. The van der Waals surface area contributed by atoms with Gasteiger partial charge in [-0.05, 0) is 69.3 Å². The van der Waals surface area contributed by atoms with Crippen LogP contribution in [-0.4, -0.2) is 14.5 Å². The predicted molar refractivity (Wildman–Crippen MR) is 230 cm³/mol. The van der Waals surface area contributed by atoms with Crippen molar-refractivity contribution >= 4 is 55.6 Å². The third-order valence-corrected chi connectivity index (χ3v) is 11.4. The van der Waals surface area contributed by atoms with Crippen LogP contribution in [0.15, 0.2) is 182 Å². The Morgan fingerprint density at radius 2 is 1.07 bits per heavy atom. The van der Waals surface area contributed by atoms with Crippen molar-refractivity contribution in [2.24, 2.45) is 0 Å². The molecule has 0 bridgehead atoms. The SMILES string of the molecule is C1=c2c(n(-c3ccccc3)c3ccccc23)=CC(c2cccc(-c3ccc(-c4cccc(-c5cnc6c7ccccc7c7ccccc7c6n5)c4)cc3)c2)C1. The molecule has 2 heterocycles. The average Bonchev–Trinajstić information content (AvgIpc) is 3.60. The van der Waals surface area contributed by atoms with Gasteiger partial charge in [-0.2, -0.15) is 0 Å². The maximum Gasteiger partial charge on any atom is 0.0979 e. The fourth-order valence-electron chi connectivity index (χ4n) is 8.68. The Morgan fingerprint density at radius 3 is 1.82 bits per heavy atom. The normalized spacial score (nSPS) is 13.9. The first kappa shape index (κ1) is 31.4. The zero-order valence-corrected chi connectivity index (χ0v) is 30.1. The number of hydrogen-bond acceptors (Lipinski definition) is 2. The highest BCUT2D eigenvalue weighted by Gasteiger charge is 2.18. The average molecular weight is 702 g/mol. The van der Waals surface area contributed by atoms with Crippen molar-refractivity contribution in [3.05, 3.63) is 198 Å². The molecular formula is C52H35N3. The second-order valence-electron chi connectivity index (χ2n) is 14.5. The van der Waals surface area contributed by atoms with Crippen LogP contribution in [0, 0.1) is 0 Å². The monoisotopic (exact) mass is 701 g/mol. The lowest BCUT2D eigenvalue weighted by molar-refractivity contribution is 0.904. The maximum atomic E-state index is 5.23. The van der Waals surface area contributed by atoms with Crippen LogP contribution in [0.25, 0.3) is 94.8 Å². The van der Waals surface area contributed by atoms with E-state index >= 15 is 0 Å². The van der Waals surface area contributed by atoms with E-state index < -0.39 is 0 Å². The van der Waals surface area contributed by atoms with Crippen molar-refractivity contribution in [2.75, 3.05) is 0 Å². The first-order valence-corrected chi connectivity index (χ1v) is 19.0. The Labute approximate surface area is 318 Å². The summed E-state index contributed by atoms with van der Waals surface area (Å²) in [6, 6.07) is 63.2. The van der Waals surface area contributed by atoms with E-state index in [9.17, 15) is 0 Å². The van der Waals surface area contributed by atoms with Gasteiger partial charge in [0.2, 0.25) is 0 Å². The topological polar surface area (TPSA) is 30.7 Å². The summed E-state index contributed by atoms with van der Waals surface area (Å²) in [5.74, 6) is 0.288. The molecule has 3 nitrogen and oxygen atoms in total. The number of para-hydroxylation sites is 2. The molecule has 0 radical (unpaired) electrons. The summed E-state index contributed by atoms with van der Waals surface area (Å²) in [7, 11) is 0. The minimum atomic E-state index is 0.288. The molecule has 55 heavy (non-hydrogen) atoms. The van der Waals surface area contributed by atoms with E-state index in [4.69, 9.17) is 9.97 Å². The summed E-state index contributed by atoms with van der Waals surface area (Å²) in [4.78, 5) is 10.2. The molecule has 0 N–H and O–H groups in total. The first-order valence-electron chi connectivity index (χ1n) is 19.0. The van der Waals surface area contributed by atoms with Gasteiger partial charge in [0, 0.05) is 38.5 Å². The Kier molecular flexibility index (Phi) is 7.31. The molecule has 258 valence electrons. The highest BCUT2D eigenvalue weighted by molar-refractivity contribution is 6.23. The van der Waals surface area contributed by atoms with Crippen LogP contribution in [0.4, 0.5) is 0 Å². The smallest absolute Gasteiger partial charge is 0.0979 e. The van der Waals surface area contributed by atoms with E-state index in [0.717, 1.165) is 45.0 Å². The number of nitrogens with zero attached hydrogens (tertiary/aromatic N) is 3. The van der Waals surface area contributed by atoms with Crippen LogP contribution < -0.4 is 10.6 Å². The lowest BCUT2D eigenvalue weighted by Crippen LogP contribution is -2.31.